The van der Waals surface area contributed by atoms with Crippen LogP contribution >= 0.6 is 0 Å². The lowest BCUT2D eigenvalue weighted by Gasteiger charge is -2.18. The number of halogens is 2. The van der Waals surface area contributed by atoms with Crippen molar-refractivity contribution >= 4 is 11.6 Å². The number of carbonyl (C=O) groups is 1. The molecule has 0 saturated carbocycles. The van der Waals surface area contributed by atoms with Gasteiger partial charge in [-0.3, -0.25) is 4.79 Å². The smallest absolute Gasteiger partial charge is 0.243 e. The molecule has 0 aliphatic carbocycles. The van der Waals surface area contributed by atoms with E-state index in [1.54, 1.807) is 0 Å². The molecule has 1 rings (SSSR count). The lowest BCUT2D eigenvalue weighted by atomic mass is 10.1. The highest BCUT2D eigenvalue weighted by atomic mass is 19.1. The van der Waals surface area contributed by atoms with Crippen LogP contribution in [0.25, 0.3) is 0 Å². The predicted molar refractivity (Wildman–Crippen MR) is 58.0 cm³/mol. The van der Waals surface area contributed by atoms with E-state index in [-0.39, 0.29) is 11.3 Å². The van der Waals surface area contributed by atoms with Gasteiger partial charge in [-0.15, -0.1) is 0 Å². The quantitative estimate of drug-likeness (QED) is 0.812. The van der Waals surface area contributed by atoms with E-state index in [9.17, 15) is 13.6 Å². The van der Waals surface area contributed by atoms with Crippen molar-refractivity contribution in [2.24, 2.45) is 5.73 Å². The third kappa shape index (κ3) is 2.76. The molecule has 1 aromatic carbocycles. The molecule has 3 N–H and O–H groups in total. The first-order chi connectivity index (χ1) is 7.21. The lowest BCUT2D eigenvalue weighted by Crippen LogP contribution is -2.45. The van der Waals surface area contributed by atoms with Gasteiger partial charge in [0.1, 0.15) is 11.6 Å². The summed E-state index contributed by atoms with van der Waals surface area (Å²) in [4.78, 5) is 11.5. The second-order valence-electron chi connectivity index (χ2n) is 4.26. The van der Waals surface area contributed by atoms with Crippen LogP contribution in [0.5, 0.6) is 0 Å². The molecule has 88 valence electrons. The number of amides is 1. The summed E-state index contributed by atoms with van der Waals surface area (Å²) in [6.45, 7) is 4.40. The van der Waals surface area contributed by atoms with E-state index in [2.05, 4.69) is 5.32 Å². The molecule has 0 radical (unpaired) electrons. The molecule has 0 aliphatic heterocycles. The summed E-state index contributed by atoms with van der Waals surface area (Å²) in [7, 11) is 0. The van der Waals surface area contributed by atoms with Crippen molar-refractivity contribution in [1.29, 1.82) is 0 Å². The Bertz CT molecular complexity index is 425. The number of nitrogens with one attached hydrogen (secondary N) is 1. The molecule has 0 spiro atoms. The van der Waals surface area contributed by atoms with Crippen molar-refractivity contribution in [2.45, 2.75) is 26.3 Å². The Morgan fingerprint density at radius 2 is 1.88 bits per heavy atom. The van der Waals surface area contributed by atoms with Gasteiger partial charge in [0.05, 0.1) is 11.2 Å². The molecule has 0 saturated heterocycles. The van der Waals surface area contributed by atoms with Crippen LogP contribution in [-0.4, -0.2) is 11.4 Å². The number of anilines is 1. The van der Waals surface area contributed by atoms with E-state index in [1.807, 2.05) is 0 Å². The first-order valence-electron chi connectivity index (χ1n) is 4.78. The van der Waals surface area contributed by atoms with Crippen molar-refractivity contribution in [3.8, 4) is 0 Å². The molecular formula is C11H14F2N2O. The van der Waals surface area contributed by atoms with Crippen LogP contribution < -0.4 is 11.1 Å². The van der Waals surface area contributed by atoms with Crippen LogP contribution in [0.2, 0.25) is 0 Å². The maximum Gasteiger partial charge on any atom is 0.243 e. The Hall–Kier alpha value is -1.49. The minimum atomic E-state index is -1.15. The summed E-state index contributed by atoms with van der Waals surface area (Å²) < 4.78 is 26.5. The fraction of sp³-hybridized carbons (Fsp3) is 0.364. The second-order valence-corrected chi connectivity index (χ2v) is 4.26. The summed E-state index contributed by atoms with van der Waals surface area (Å²) >= 11 is 0. The average molecular weight is 228 g/mol. The predicted octanol–water partition coefficient (Wildman–Crippen LogP) is 1.95. The standard InChI is InChI=1S/C11H14F2N2O/c1-6-4-8(13)9(5-7(6)12)15-10(16)11(2,3)14/h4-5H,14H2,1-3H3,(H,15,16). The van der Waals surface area contributed by atoms with Gasteiger partial charge in [0, 0.05) is 6.07 Å². The SMILES string of the molecule is Cc1cc(F)c(NC(=O)C(C)(C)N)cc1F. The van der Waals surface area contributed by atoms with Crippen molar-refractivity contribution in [2.75, 3.05) is 5.32 Å². The van der Waals surface area contributed by atoms with Gasteiger partial charge in [-0.05, 0) is 32.4 Å². The highest BCUT2D eigenvalue weighted by Gasteiger charge is 2.23. The monoisotopic (exact) mass is 228 g/mol. The zero-order chi connectivity index (χ0) is 12.5. The molecule has 16 heavy (non-hydrogen) atoms. The second kappa shape index (κ2) is 4.17. The molecular weight excluding hydrogens is 214 g/mol. The van der Waals surface area contributed by atoms with Gasteiger partial charge < -0.3 is 11.1 Å². The van der Waals surface area contributed by atoms with E-state index in [1.165, 1.54) is 20.8 Å². The summed E-state index contributed by atoms with van der Waals surface area (Å²) in [5.41, 5.74) is 4.35. The van der Waals surface area contributed by atoms with Crippen LogP contribution in [0.15, 0.2) is 12.1 Å². The molecule has 1 aromatic rings. The maximum atomic E-state index is 13.4. The van der Waals surface area contributed by atoms with Crippen LogP contribution in [0.4, 0.5) is 14.5 Å². The molecule has 0 atom stereocenters. The summed E-state index contributed by atoms with van der Waals surface area (Å²) in [6.07, 6.45) is 0. The summed E-state index contributed by atoms with van der Waals surface area (Å²) in [5.74, 6) is -1.84. The van der Waals surface area contributed by atoms with Gasteiger partial charge in [-0.2, -0.15) is 0 Å². The van der Waals surface area contributed by atoms with E-state index in [4.69, 9.17) is 5.73 Å². The molecule has 0 heterocycles. The Balaban J connectivity index is 2.99. The zero-order valence-electron chi connectivity index (χ0n) is 9.40. The molecule has 0 unspecified atom stereocenters. The van der Waals surface area contributed by atoms with Crippen LogP contribution in [0.1, 0.15) is 19.4 Å². The number of carbonyl (C=O) groups excluding carboxylic acids is 1. The van der Waals surface area contributed by atoms with Gasteiger partial charge in [-0.1, -0.05) is 0 Å². The Morgan fingerprint density at radius 1 is 1.31 bits per heavy atom. The number of hydrogen-bond donors (Lipinski definition) is 2. The first kappa shape index (κ1) is 12.6. The van der Waals surface area contributed by atoms with E-state index >= 15 is 0 Å². The zero-order valence-corrected chi connectivity index (χ0v) is 9.40. The van der Waals surface area contributed by atoms with Crippen molar-refractivity contribution < 1.29 is 13.6 Å². The topological polar surface area (TPSA) is 55.1 Å². The largest absolute Gasteiger partial charge is 0.322 e. The molecule has 0 bridgehead atoms. The normalized spacial score (nSPS) is 11.4. The van der Waals surface area contributed by atoms with Gasteiger partial charge in [0.25, 0.3) is 0 Å². The molecule has 3 nitrogen and oxygen atoms in total. The Labute approximate surface area is 92.6 Å². The van der Waals surface area contributed by atoms with Crippen LogP contribution in [0.3, 0.4) is 0 Å². The molecule has 0 aromatic heterocycles. The maximum absolute atomic E-state index is 13.4. The van der Waals surface area contributed by atoms with Gasteiger partial charge in [0.2, 0.25) is 5.91 Å². The Kier molecular flexibility index (Phi) is 3.28. The average Bonchev–Trinajstić information content (AvgIpc) is 2.12. The van der Waals surface area contributed by atoms with E-state index in [0.29, 0.717) is 0 Å². The van der Waals surface area contributed by atoms with E-state index in [0.717, 1.165) is 12.1 Å². The third-order valence-electron chi connectivity index (χ3n) is 2.08. The number of rotatable bonds is 2. The highest BCUT2D eigenvalue weighted by molar-refractivity contribution is 5.97. The molecule has 1 amide bonds. The van der Waals surface area contributed by atoms with Crippen molar-refractivity contribution in [1.82, 2.24) is 0 Å². The number of benzene rings is 1. The summed E-state index contributed by atoms with van der Waals surface area (Å²) in [5, 5.41) is 2.24. The van der Waals surface area contributed by atoms with Gasteiger partial charge in [-0.25, -0.2) is 8.78 Å². The highest BCUT2D eigenvalue weighted by Crippen LogP contribution is 2.19. The fourth-order valence-corrected chi connectivity index (χ4v) is 1.03. The number of hydrogen-bond acceptors (Lipinski definition) is 2. The van der Waals surface area contributed by atoms with Gasteiger partial charge >= 0.3 is 0 Å². The fourth-order valence-electron chi connectivity index (χ4n) is 1.03. The first-order valence-corrected chi connectivity index (χ1v) is 4.78. The molecule has 5 heteroatoms. The molecule has 0 fully saturated rings. The lowest BCUT2D eigenvalue weighted by molar-refractivity contribution is -0.120. The minimum absolute atomic E-state index is 0.183. The van der Waals surface area contributed by atoms with Crippen LogP contribution in [-0.2, 0) is 4.79 Å². The van der Waals surface area contributed by atoms with Crippen molar-refractivity contribution in [3.63, 3.8) is 0 Å². The molecule has 0 aliphatic rings. The number of aryl methyl sites for hydroxylation is 1. The Morgan fingerprint density at radius 3 is 2.38 bits per heavy atom. The van der Waals surface area contributed by atoms with Gasteiger partial charge in [0.15, 0.2) is 0 Å². The third-order valence-corrected chi connectivity index (χ3v) is 2.08. The van der Waals surface area contributed by atoms with E-state index < -0.39 is 23.1 Å². The van der Waals surface area contributed by atoms with Crippen molar-refractivity contribution in [3.05, 3.63) is 29.3 Å². The number of nitrogens with two attached hydrogens (primary N) is 1. The van der Waals surface area contributed by atoms with Crippen LogP contribution in [0, 0.1) is 18.6 Å². The summed E-state index contributed by atoms with van der Waals surface area (Å²) in [6, 6.07) is 1.96. The minimum Gasteiger partial charge on any atom is -0.322 e.